The van der Waals surface area contributed by atoms with Crippen LogP contribution in [-0.2, 0) is 0 Å². The van der Waals surface area contributed by atoms with Crippen molar-refractivity contribution in [1.29, 1.82) is 0 Å². The predicted molar refractivity (Wildman–Crippen MR) is 61.4 cm³/mol. The Kier molecular flexibility index (Phi) is 4.88. The molecule has 0 spiro atoms. The van der Waals surface area contributed by atoms with E-state index in [-0.39, 0.29) is 0 Å². The van der Waals surface area contributed by atoms with E-state index in [0.717, 1.165) is 19.1 Å². The first-order valence-electron chi connectivity index (χ1n) is 5.41. The Hall–Kier alpha value is -1.31. The van der Waals surface area contributed by atoms with Crippen molar-refractivity contribution in [2.45, 2.75) is 26.7 Å². The number of carbonyl (C=O) groups excluding carboxylic acids is 1. The number of ether oxygens (including phenoxy) is 1. The molecule has 2 heteroatoms. The average molecular weight is 206 g/mol. The Morgan fingerprint density at radius 2 is 2.07 bits per heavy atom. The maximum absolute atomic E-state index is 10.7. The van der Waals surface area contributed by atoms with Gasteiger partial charge >= 0.3 is 0 Å². The van der Waals surface area contributed by atoms with E-state index >= 15 is 0 Å². The Balaban J connectivity index is 2.40. The minimum absolute atomic E-state index is 0.627. The van der Waals surface area contributed by atoms with Crippen molar-refractivity contribution < 1.29 is 9.53 Å². The van der Waals surface area contributed by atoms with E-state index in [1.807, 2.05) is 18.2 Å². The van der Waals surface area contributed by atoms with Crippen LogP contribution in [0, 0.1) is 5.92 Å². The van der Waals surface area contributed by atoms with E-state index < -0.39 is 0 Å². The van der Waals surface area contributed by atoms with Crippen molar-refractivity contribution in [3.05, 3.63) is 29.8 Å². The molecule has 0 fully saturated rings. The van der Waals surface area contributed by atoms with Crippen molar-refractivity contribution in [2.75, 3.05) is 6.61 Å². The van der Waals surface area contributed by atoms with Crippen LogP contribution < -0.4 is 4.74 Å². The van der Waals surface area contributed by atoms with Crippen molar-refractivity contribution in [3.63, 3.8) is 0 Å². The van der Waals surface area contributed by atoms with Gasteiger partial charge in [-0.25, -0.2) is 0 Å². The second-order valence-corrected chi connectivity index (χ2v) is 4.04. The number of rotatable bonds is 6. The van der Waals surface area contributed by atoms with E-state index in [2.05, 4.69) is 13.8 Å². The molecule has 0 aromatic heterocycles. The summed E-state index contributed by atoms with van der Waals surface area (Å²) in [5.41, 5.74) is 0.627. The zero-order valence-corrected chi connectivity index (χ0v) is 9.40. The van der Waals surface area contributed by atoms with Crippen LogP contribution in [0.2, 0.25) is 0 Å². The minimum atomic E-state index is 0.627. The van der Waals surface area contributed by atoms with Crippen LogP contribution in [-0.4, -0.2) is 12.9 Å². The second-order valence-electron chi connectivity index (χ2n) is 4.04. The zero-order chi connectivity index (χ0) is 11.1. The van der Waals surface area contributed by atoms with E-state index in [0.29, 0.717) is 23.8 Å². The van der Waals surface area contributed by atoms with Crippen LogP contribution in [0.15, 0.2) is 24.3 Å². The van der Waals surface area contributed by atoms with Gasteiger partial charge in [-0.3, -0.25) is 4.79 Å². The number of aldehydes is 1. The molecule has 0 saturated heterocycles. The topological polar surface area (TPSA) is 26.3 Å². The molecule has 0 aliphatic rings. The maximum atomic E-state index is 10.7. The standard InChI is InChI=1S/C13H18O2/c1-11(2)6-5-9-15-13-8-4-3-7-12(13)10-14/h3-4,7-8,10-11H,5-6,9H2,1-2H3. The van der Waals surface area contributed by atoms with Crippen molar-refractivity contribution in [1.82, 2.24) is 0 Å². The fourth-order valence-corrected chi connectivity index (χ4v) is 1.38. The molecule has 0 saturated carbocycles. The van der Waals surface area contributed by atoms with Gasteiger partial charge in [0, 0.05) is 0 Å². The molecule has 1 rings (SSSR count). The summed E-state index contributed by atoms with van der Waals surface area (Å²) in [7, 11) is 0. The molecule has 0 aliphatic heterocycles. The SMILES string of the molecule is CC(C)CCCOc1ccccc1C=O. The quantitative estimate of drug-likeness (QED) is 0.527. The lowest BCUT2D eigenvalue weighted by Gasteiger charge is -2.08. The average Bonchev–Trinajstić information content (AvgIpc) is 2.24. The van der Waals surface area contributed by atoms with Gasteiger partial charge in [0.25, 0.3) is 0 Å². The molecule has 0 N–H and O–H groups in total. The maximum Gasteiger partial charge on any atom is 0.153 e. The number of hydrogen-bond acceptors (Lipinski definition) is 2. The summed E-state index contributed by atoms with van der Waals surface area (Å²) in [5.74, 6) is 1.39. The number of hydrogen-bond donors (Lipinski definition) is 0. The highest BCUT2D eigenvalue weighted by Crippen LogP contribution is 2.16. The summed E-state index contributed by atoms with van der Waals surface area (Å²) in [6.07, 6.45) is 3.02. The molecular formula is C13H18O2. The molecule has 1 aromatic carbocycles. The van der Waals surface area contributed by atoms with Crippen molar-refractivity contribution in [3.8, 4) is 5.75 Å². The molecule has 82 valence electrons. The first-order valence-corrected chi connectivity index (χ1v) is 5.41. The zero-order valence-electron chi connectivity index (χ0n) is 9.40. The van der Waals surface area contributed by atoms with Gasteiger partial charge in [-0.05, 0) is 30.9 Å². The Morgan fingerprint density at radius 3 is 2.73 bits per heavy atom. The van der Waals surface area contributed by atoms with Gasteiger partial charge in [-0.15, -0.1) is 0 Å². The summed E-state index contributed by atoms with van der Waals surface area (Å²) in [5, 5.41) is 0. The first-order chi connectivity index (χ1) is 7.24. The fraction of sp³-hybridized carbons (Fsp3) is 0.462. The monoisotopic (exact) mass is 206 g/mol. The fourth-order valence-electron chi connectivity index (χ4n) is 1.38. The lowest BCUT2D eigenvalue weighted by atomic mass is 10.1. The smallest absolute Gasteiger partial charge is 0.153 e. The van der Waals surface area contributed by atoms with Crippen LogP contribution in [0.3, 0.4) is 0 Å². The highest BCUT2D eigenvalue weighted by molar-refractivity contribution is 5.79. The summed E-state index contributed by atoms with van der Waals surface area (Å²) < 4.78 is 5.55. The van der Waals surface area contributed by atoms with Gasteiger partial charge < -0.3 is 4.74 Å². The number of para-hydroxylation sites is 1. The third kappa shape index (κ3) is 4.15. The van der Waals surface area contributed by atoms with Crippen LogP contribution in [0.5, 0.6) is 5.75 Å². The molecule has 0 atom stereocenters. The minimum Gasteiger partial charge on any atom is -0.493 e. The molecular weight excluding hydrogens is 188 g/mol. The third-order valence-corrected chi connectivity index (χ3v) is 2.23. The Labute approximate surface area is 91.3 Å². The summed E-state index contributed by atoms with van der Waals surface area (Å²) in [6, 6.07) is 7.32. The van der Waals surface area contributed by atoms with Crippen LogP contribution >= 0.6 is 0 Å². The second kappa shape index (κ2) is 6.23. The third-order valence-electron chi connectivity index (χ3n) is 2.23. The largest absolute Gasteiger partial charge is 0.493 e. The van der Waals surface area contributed by atoms with Crippen LogP contribution in [0.25, 0.3) is 0 Å². The van der Waals surface area contributed by atoms with Gasteiger partial charge in [-0.1, -0.05) is 26.0 Å². The first kappa shape index (κ1) is 11.8. The molecule has 0 unspecified atom stereocenters. The lowest BCUT2D eigenvalue weighted by molar-refractivity contribution is 0.111. The van der Waals surface area contributed by atoms with Crippen molar-refractivity contribution >= 4 is 6.29 Å². The molecule has 15 heavy (non-hydrogen) atoms. The van der Waals surface area contributed by atoms with Crippen LogP contribution in [0.4, 0.5) is 0 Å². The normalized spacial score (nSPS) is 10.3. The molecule has 0 radical (unpaired) electrons. The molecule has 0 heterocycles. The molecule has 0 amide bonds. The summed E-state index contributed by atoms with van der Waals surface area (Å²) in [6.45, 7) is 5.07. The highest BCUT2D eigenvalue weighted by atomic mass is 16.5. The van der Waals surface area contributed by atoms with E-state index in [9.17, 15) is 4.79 Å². The van der Waals surface area contributed by atoms with E-state index in [4.69, 9.17) is 4.74 Å². The van der Waals surface area contributed by atoms with Gasteiger partial charge in [0.2, 0.25) is 0 Å². The summed E-state index contributed by atoms with van der Waals surface area (Å²) in [4.78, 5) is 10.7. The van der Waals surface area contributed by atoms with Gasteiger partial charge in [0.15, 0.2) is 6.29 Å². The predicted octanol–water partition coefficient (Wildman–Crippen LogP) is 3.31. The summed E-state index contributed by atoms with van der Waals surface area (Å²) >= 11 is 0. The van der Waals surface area contributed by atoms with Gasteiger partial charge in [0.05, 0.1) is 12.2 Å². The van der Waals surface area contributed by atoms with Gasteiger partial charge in [-0.2, -0.15) is 0 Å². The Morgan fingerprint density at radius 1 is 1.33 bits per heavy atom. The number of carbonyl (C=O) groups is 1. The molecule has 1 aromatic rings. The van der Waals surface area contributed by atoms with E-state index in [1.165, 1.54) is 0 Å². The highest BCUT2D eigenvalue weighted by Gasteiger charge is 2.01. The molecule has 0 bridgehead atoms. The van der Waals surface area contributed by atoms with Crippen LogP contribution in [0.1, 0.15) is 37.0 Å². The lowest BCUT2D eigenvalue weighted by Crippen LogP contribution is -2.01. The van der Waals surface area contributed by atoms with E-state index in [1.54, 1.807) is 6.07 Å². The Bertz CT molecular complexity index is 305. The number of benzene rings is 1. The molecule has 0 aliphatic carbocycles. The molecule has 2 nitrogen and oxygen atoms in total. The van der Waals surface area contributed by atoms with Gasteiger partial charge in [0.1, 0.15) is 5.75 Å². The van der Waals surface area contributed by atoms with Crippen molar-refractivity contribution in [2.24, 2.45) is 5.92 Å².